The lowest BCUT2D eigenvalue weighted by molar-refractivity contribution is -0.120. The van der Waals surface area contributed by atoms with E-state index >= 15 is 0 Å². The lowest BCUT2D eigenvalue weighted by atomic mass is 10.0. The Morgan fingerprint density at radius 2 is 2.33 bits per heavy atom. The van der Waals surface area contributed by atoms with Gasteiger partial charge in [0.1, 0.15) is 0 Å². The number of thiophene rings is 1. The van der Waals surface area contributed by atoms with Gasteiger partial charge in [0.25, 0.3) is 0 Å². The Kier molecular flexibility index (Phi) is 4.70. The quantitative estimate of drug-likeness (QED) is 0.893. The van der Waals surface area contributed by atoms with Gasteiger partial charge in [0.05, 0.1) is 10.8 Å². The molecule has 0 aliphatic carbocycles. The summed E-state index contributed by atoms with van der Waals surface area (Å²) in [6.45, 7) is 6.61. The van der Waals surface area contributed by atoms with Gasteiger partial charge in [0.2, 0.25) is 5.91 Å². The van der Waals surface area contributed by atoms with Gasteiger partial charge in [-0.3, -0.25) is 4.79 Å². The minimum atomic E-state index is 0.0765. The van der Waals surface area contributed by atoms with Gasteiger partial charge < -0.3 is 10.6 Å². The van der Waals surface area contributed by atoms with Crippen LogP contribution in [0, 0.1) is 0 Å². The SMILES string of the molecule is CC(C)NC(=O)CNC1C[C@H](C)Sc2sccc21. The average Bonchev–Trinajstić information content (AvgIpc) is 2.72. The van der Waals surface area contributed by atoms with E-state index in [1.54, 1.807) is 11.3 Å². The maximum Gasteiger partial charge on any atom is 0.234 e. The lowest BCUT2D eigenvalue weighted by Gasteiger charge is -2.27. The van der Waals surface area contributed by atoms with Crippen LogP contribution in [-0.2, 0) is 4.79 Å². The largest absolute Gasteiger partial charge is 0.353 e. The first-order chi connectivity index (χ1) is 8.56. The second-order valence-electron chi connectivity index (χ2n) is 4.98. The zero-order valence-electron chi connectivity index (χ0n) is 11.0. The molecular formula is C13H20N2OS2. The minimum absolute atomic E-state index is 0.0765. The third-order valence-corrected chi connectivity index (χ3v) is 5.21. The van der Waals surface area contributed by atoms with E-state index in [4.69, 9.17) is 0 Å². The molecule has 0 radical (unpaired) electrons. The number of nitrogens with one attached hydrogen (secondary N) is 2. The van der Waals surface area contributed by atoms with Crippen molar-refractivity contribution in [3.63, 3.8) is 0 Å². The van der Waals surface area contributed by atoms with Gasteiger partial charge in [-0.25, -0.2) is 0 Å². The van der Waals surface area contributed by atoms with Gasteiger partial charge in [-0.2, -0.15) is 0 Å². The highest BCUT2D eigenvalue weighted by Gasteiger charge is 2.26. The molecule has 1 aliphatic rings. The summed E-state index contributed by atoms with van der Waals surface area (Å²) in [6, 6.07) is 2.70. The van der Waals surface area contributed by atoms with Crippen LogP contribution in [0.3, 0.4) is 0 Å². The molecule has 1 aliphatic heterocycles. The number of carbonyl (C=O) groups excluding carboxylic acids is 1. The van der Waals surface area contributed by atoms with E-state index in [0.717, 1.165) is 6.42 Å². The summed E-state index contributed by atoms with van der Waals surface area (Å²) >= 11 is 3.75. The average molecular weight is 284 g/mol. The zero-order chi connectivity index (χ0) is 13.1. The van der Waals surface area contributed by atoms with Crippen LogP contribution in [0.1, 0.15) is 38.8 Å². The fourth-order valence-electron chi connectivity index (χ4n) is 2.13. The first kappa shape index (κ1) is 13.9. The topological polar surface area (TPSA) is 41.1 Å². The standard InChI is InChI=1S/C13H20N2OS2/c1-8(2)15-12(16)7-14-11-6-9(3)18-13-10(11)4-5-17-13/h4-5,8-9,11,14H,6-7H2,1-3H3,(H,15,16)/t9-,11?/m0/s1. The third-order valence-electron chi connectivity index (χ3n) is 2.87. The highest BCUT2D eigenvalue weighted by Crippen LogP contribution is 2.43. The number of amides is 1. The molecule has 0 saturated heterocycles. The van der Waals surface area contributed by atoms with Gasteiger partial charge in [-0.15, -0.1) is 23.1 Å². The summed E-state index contributed by atoms with van der Waals surface area (Å²) in [5.41, 5.74) is 1.36. The van der Waals surface area contributed by atoms with Gasteiger partial charge >= 0.3 is 0 Å². The molecule has 2 atom stereocenters. The van der Waals surface area contributed by atoms with Crippen molar-refractivity contribution in [2.24, 2.45) is 0 Å². The smallest absolute Gasteiger partial charge is 0.234 e. The molecule has 0 spiro atoms. The summed E-state index contributed by atoms with van der Waals surface area (Å²) < 4.78 is 1.40. The van der Waals surface area contributed by atoms with Gasteiger partial charge in [-0.05, 0) is 37.3 Å². The van der Waals surface area contributed by atoms with E-state index in [1.165, 1.54) is 9.77 Å². The van der Waals surface area contributed by atoms with Crippen molar-refractivity contribution >= 4 is 29.0 Å². The van der Waals surface area contributed by atoms with Crippen molar-refractivity contribution in [1.29, 1.82) is 0 Å². The zero-order valence-corrected chi connectivity index (χ0v) is 12.7. The molecule has 1 unspecified atom stereocenters. The summed E-state index contributed by atoms with van der Waals surface area (Å²) in [7, 11) is 0. The normalized spacial score (nSPS) is 22.9. The van der Waals surface area contributed by atoms with Crippen LogP contribution in [0.4, 0.5) is 0 Å². The fourth-order valence-corrected chi connectivity index (χ4v) is 4.70. The molecule has 1 amide bonds. The van der Waals surface area contributed by atoms with Crippen LogP contribution in [0.5, 0.6) is 0 Å². The van der Waals surface area contributed by atoms with E-state index in [9.17, 15) is 4.79 Å². The molecule has 2 heterocycles. The maximum atomic E-state index is 11.7. The van der Waals surface area contributed by atoms with Crippen molar-refractivity contribution in [2.45, 2.75) is 48.7 Å². The van der Waals surface area contributed by atoms with Crippen LogP contribution in [0.25, 0.3) is 0 Å². The Bertz CT molecular complexity index is 417. The Hall–Kier alpha value is -0.520. The van der Waals surface area contributed by atoms with Gasteiger partial charge in [0, 0.05) is 17.3 Å². The molecule has 3 nitrogen and oxygen atoms in total. The summed E-state index contributed by atoms with van der Waals surface area (Å²) in [6.07, 6.45) is 1.09. The second-order valence-corrected chi connectivity index (χ2v) is 7.61. The van der Waals surface area contributed by atoms with Crippen molar-refractivity contribution in [3.05, 3.63) is 17.0 Å². The van der Waals surface area contributed by atoms with E-state index in [2.05, 4.69) is 29.0 Å². The molecule has 1 aromatic rings. The van der Waals surface area contributed by atoms with Crippen molar-refractivity contribution in [3.8, 4) is 0 Å². The predicted molar refractivity (Wildman–Crippen MR) is 78.3 cm³/mol. The first-order valence-electron chi connectivity index (χ1n) is 6.33. The molecule has 2 N–H and O–H groups in total. The lowest BCUT2D eigenvalue weighted by Crippen LogP contribution is -2.39. The Balaban J connectivity index is 1.93. The van der Waals surface area contributed by atoms with E-state index < -0.39 is 0 Å². The number of rotatable bonds is 4. The first-order valence-corrected chi connectivity index (χ1v) is 8.09. The Morgan fingerprint density at radius 3 is 3.06 bits per heavy atom. The third kappa shape index (κ3) is 3.49. The Morgan fingerprint density at radius 1 is 1.56 bits per heavy atom. The van der Waals surface area contributed by atoms with Gasteiger partial charge in [0.15, 0.2) is 0 Å². The summed E-state index contributed by atoms with van der Waals surface area (Å²) in [4.78, 5) is 11.7. The second kappa shape index (κ2) is 6.08. The monoisotopic (exact) mass is 284 g/mol. The van der Waals surface area contributed by atoms with Crippen LogP contribution < -0.4 is 10.6 Å². The minimum Gasteiger partial charge on any atom is -0.353 e. The molecule has 18 heavy (non-hydrogen) atoms. The van der Waals surface area contributed by atoms with Crippen molar-refractivity contribution in [2.75, 3.05) is 6.54 Å². The van der Waals surface area contributed by atoms with Crippen LogP contribution in [0.15, 0.2) is 15.7 Å². The number of hydrogen-bond acceptors (Lipinski definition) is 4. The molecule has 0 saturated carbocycles. The van der Waals surface area contributed by atoms with Crippen molar-refractivity contribution < 1.29 is 4.79 Å². The van der Waals surface area contributed by atoms with E-state index in [1.807, 2.05) is 25.6 Å². The molecular weight excluding hydrogens is 264 g/mol. The molecule has 5 heteroatoms. The number of carbonyl (C=O) groups is 1. The number of fused-ring (bicyclic) bond motifs is 1. The molecule has 2 rings (SSSR count). The van der Waals surface area contributed by atoms with E-state index in [0.29, 0.717) is 17.8 Å². The maximum absolute atomic E-state index is 11.7. The van der Waals surface area contributed by atoms with Crippen LogP contribution in [0.2, 0.25) is 0 Å². The van der Waals surface area contributed by atoms with Crippen LogP contribution in [-0.4, -0.2) is 23.7 Å². The number of thioether (sulfide) groups is 1. The molecule has 0 bridgehead atoms. The summed E-state index contributed by atoms with van der Waals surface area (Å²) in [5, 5.41) is 9.04. The van der Waals surface area contributed by atoms with Crippen molar-refractivity contribution in [1.82, 2.24) is 10.6 Å². The highest BCUT2D eigenvalue weighted by molar-refractivity contribution is 8.01. The fraction of sp³-hybridized carbons (Fsp3) is 0.615. The van der Waals surface area contributed by atoms with Gasteiger partial charge in [-0.1, -0.05) is 6.92 Å². The van der Waals surface area contributed by atoms with E-state index in [-0.39, 0.29) is 11.9 Å². The molecule has 1 aromatic heterocycles. The molecule has 100 valence electrons. The predicted octanol–water partition coefficient (Wildman–Crippen LogP) is 2.79. The molecule has 0 fully saturated rings. The van der Waals surface area contributed by atoms with Crippen LogP contribution >= 0.6 is 23.1 Å². The summed E-state index contributed by atoms with van der Waals surface area (Å²) in [5.74, 6) is 0.0765. The Labute approximate surface area is 117 Å². The number of hydrogen-bond donors (Lipinski definition) is 2. The molecule has 0 aromatic carbocycles. The highest BCUT2D eigenvalue weighted by atomic mass is 32.2.